The van der Waals surface area contributed by atoms with Crippen LogP contribution in [0.1, 0.15) is 46.5 Å². The molecule has 1 fully saturated rings. The van der Waals surface area contributed by atoms with Crippen LogP contribution in [0.2, 0.25) is 0 Å². The minimum atomic E-state index is 0.450. The van der Waals surface area contributed by atoms with Gasteiger partial charge in [-0.3, -0.25) is 0 Å². The van der Waals surface area contributed by atoms with E-state index in [1.165, 1.54) is 25.7 Å². The van der Waals surface area contributed by atoms with Gasteiger partial charge in [0.2, 0.25) is 0 Å². The van der Waals surface area contributed by atoms with E-state index in [9.17, 15) is 0 Å². The first-order chi connectivity index (χ1) is 9.40. The Morgan fingerprint density at radius 2 is 1.80 bits per heavy atom. The predicted molar refractivity (Wildman–Crippen MR) is 89.5 cm³/mol. The lowest BCUT2D eigenvalue weighted by Gasteiger charge is -2.37. The Labute approximate surface area is 131 Å². The Balaban J connectivity index is 1.93. The van der Waals surface area contributed by atoms with Crippen molar-refractivity contribution in [3.63, 3.8) is 0 Å². The van der Waals surface area contributed by atoms with Gasteiger partial charge in [0.25, 0.3) is 0 Å². The van der Waals surface area contributed by atoms with E-state index in [1.807, 2.05) is 6.07 Å². The molecule has 0 aromatic heterocycles. The van der Waals surface area contributed by atoms with E-state index in [1.54, 1.807) is 7.11 Å². The molecule has 0 amide bonds. The van der Waals surface area contributed by atoms with Crippen molar-refractivity contribution in [1.29, 1.82) is 0 Å². The molecule has 1 aliphatic carbocycles. The molecule has 0 heterocycles. The number of ether oxygens (including phenoxy) is 1. The van der Waals surface area contributed by atoms with Crippen LogP contribution in [0.5, 0.6) is 5.75 Å². The molecule has 0 aliphatic heterocycles. The molecule has 0 radical (unpaired) electrons. The molecule has 0 bridgehead atoms. The summed E-state index contributed by atoms with van der Waals surface area (Å²) in [7, 11) is 1.71. The molecule has 0 spiro atoms. The normalized spacial score (nSPS) is 23.4. The lowest BCUT2D eigenvalue weighted by atomic mass is 9.71. The van der Waals surface area contributed by atoms with E-state index in [4.69, 9.17) is 4.74 Å². The van der Waals surface area contributed by atoms with E-state index in [0.29, 0.717) is 11.5 Å². The number of halogens is 1. The monoisotopic (exact) mass is 339 g/mol. The Hall–Kier alpha value is -0.700. The van der Waals surface area contributed by atoms with Crippen LogP contribution in [-0.2, 0) is 0 Å². The quantitative estimate of drug-likeness (QED) is 0.787. The molecule has 1 N–H and O–H groups in total. The van der Waals surface area contributed by atoms with E-state index < -0.39 is 0 Å². The lowest BCUT2D eigenvalue weighted by molar-refractivity contribution is 0.173. The summed E-state index contributed by atoms with van der Waals surface area (Å²) < 4.78 is 6.35. The lowest BCUT2D eigenvalue weighted by Crippen LogP contribution is -2.31. The minimum absolute atomic E-state index is 0.450. The largest absolute Gasteiger partial charge is 0.495 e. The molecular formula is C17H26BrNO. The zero-order chi connectivity index (χ0) is 14.8. The smallest absolute Gasteiger partial charge is 0.135 e. The van der Waals surface area contributed by atoms with Crippen molar-refractivity contribution in [1.82, 2.24) is 0 Å². The highest BCUT2D eigenvalue weighted by Gasteiger charge is 2.29. The summed E-state index contributed by atoms with van der Waals surface area (Å²) in [5.41, 5.74) is 1.61. The Morgan fingerprint density at radius 3 is 2.35 bits per heavy atom. The molecule has 112 valence electrons. The second kappa shape index (κ2) is 6.38. The highest BCUT2D eigenvalue weighted by atomic mass is 79.9. The van der Waals surface area contributed by atoms with Crippen LogP contribution < -0.4 is 10.1 Å². The maximum absolute atomic E-state index is 5.35. The van der Waals surface area contributed by atoms with Gasteiger partial charge in [0, 0.05) is 17.8 Å². The maximum atomic E-state index is 5.35. The zero-order valence-electron chi connectivity index (χ0n) is 13.0. The SMILES string of the molecule is COc1cc(NC2CCC(C(C)(C)C)CC2)ccc1Br. The number of methoxy groups -OCH3 is 1. The van der Waals surface area contributed by atoms with Crippen LogP contribution in [0.4, 0.5) is 5.69 Å². The number of rotatable bonds is 3. The molecule has 1 aliphatic rings. The molecular weight excluding hydrogens is 314 g/mol. The third-order valence-corrected chi connectivity index (χ3v) is 5.13. The van der Waals surface area contributed by atoms with Gasteiger partial charge >= 0.3 is 0 Å². The van der Waals surface area contributed by atoms with Gasteiger partial charge in [-0.1, -0.05) is 20.8 Å². The fourth-order valence-electron chi connectivity index (χ4n) is 3.09. The summed E-state index contributed by atoms with van der Waals surface area (Å²) in [6, 6.07) is 6.82. The van der Waals surface area contributed by atoms with Crippen LogP contribution >= 0.6 is 15.9 Å². The van der Waals surface area contributed by atoms with Crippen molar-refractivity contribution in [2.75, 3.05) is 12.4 Å². The van der Waals surface area contributed by atoms with Gasteiger partial charge in [0.1, 0.15) is 5.75 Å². The predicted octanol–water partition coefficient (Wildman–Crippen LogP) is 5.47. The molecule has 20 heavy (non-hydrogen) atoms. The third kappa shape index (κ3) is 3.91. The first-order valence-electron chi connectivity index (χ1n) is 7.50. The van der Waals surface area contributed by atoms with E-state index in [-0.39, 0.29) is 0 Å². The van der Waals surface area contributed by atoms with Gasteiger partial charge in [-0.05, 0) is 65.1 Å². The van der Waals surface area contributed by atoms with Gasteiger partial charge < -0.3 is 10.1 Å². The highest BCUT2D eigenvalue weighted by molar-refractivity contribution is 9.10. The standard InChI is InChI=1S/C17H26BrNO/c1-17(2,3)12-5-7-13(8-6-12)19-14-9-10-15(18)16(11-14)20-4/h9-13,19H,5-8H2,1-4H3. The average molecular weight is 340 g/mol. The molecule has 3 heteroatoms. The summed E-state index contributed by atoms with van der Waals surface area (Å²) in [6.45, 7) is 7.10. The number of anilines is 1. The summed E-state index contributed by atoms with van der Waals surface area (Å²) >= 11 is 3.49. The molecule has 2 rings (SSSR count). The van der Waals surface area contributed by atoms with Crippen molar-refractivity contribution >= 4 is 21.6 Å². The number of hydrogen-bond acceptors (Lipinski definition) is 2. The number of benzene rings is 1. The minimum Gasteiger partial charge on any atom is -0.495 e. The number of hydrogen-bond donors (Lipinski definition) is 1. The summed E-state index contributed by atoms with van der Waals surface area (Å²) in [5.74, 6) is 1.75. The van der Waals surface area contributed by atoms with Crippen LogP contribution in [-0.4, -0.2) is 13.2 Å². The van der Waals surface area contributed by atoms with Crippen molar-refractivity contribution in [2.24, 2.45) is 11.3 Å². The van der Waals surface area contributed by atoms with Gasteiger partial charge in [-0.2, -0.15) is 0 Å². The second-order valence-corrected chi connectivity index (χ2v) is 7.76. The number of nitrogens with one attached hydrogen (secondary N) is 1. The molecule has 0 saturated heterocycles. The zero-order valence-corrected chi connectivity index (χ0v) is 14.6. The Kier molecular flexibility index (Phi) is 5.00. The fraction of sp³-hybridized carbons (Fsp3) is 0.647. The Morgan fingerprint density at radius 1 is 1.15 bits per heavy atom. The maximum Gasteiger partial charge on any atom is 0.135 e. The first kappa shape index (κ1) is 15.7. The topological polar surface area (TPSA) is 21.3 Å². The third-order valence-electron chi connectivity index (χ3n) is 4.47. The highest BCUT2D eigenvalue weighted by Crippen LogP contribution is 2.38. The van der Waals surface area contributed by atoms with Crippen molar-refractivity contribution in [3.8, 4) is 5.75 Å². The summed E-state index contributed by atoms with van der Waals surface area (Å²) in [6.07, 6.45) is 5.18. The fourth-order valence-corrected chi connectivity index (χ4v) is 3.50. The van der Waals surface area contributed by atoms with E-state index >= 15 is 0 Å². The molecule has 0 unspecified atom stereocenters. The van der Waals surface area contributed by atoms with Crippen molar-refractivity contribution in [3.05, 3.63) is 22.7 Å². The second-order valence-electron chi connectivity index (χ2n) is 6.91. The van der Waals surface area contributed by atoms with Crippen LogP contribution in [0.25, 0.3) is 0 Å². The van der Waals surface area contributed by atoms with E-state index in [0.717, 1.165) is 21.8 Å². The molecule has 1 saturated carbocycles. The van der Waals surface area contributed by atoms with Gasteiger partial charge in [-0.15, -0.1) is 0 Å². The van der Waals surface area contributed by atoms with Gasteiger partial charge in [0.15, 0.2) is 0 Å². The molecule has 2 nitrogen and oxygen atoms in total. The van der Waals surface area contributed by atoms with E-state index in [2.05, 4.69) is 54.2 Å². The van der Waals surface area contributed by atoms with Crippen LogP contribution in [0, 0.1) is 11.3 Å². The van der Waals surface area contributed by atoms with Gasteiger partial charge in [-0.25, -0.2) is 0 Å². The van der Waals surface area contributed by atoms with Gasteiger partial charge in [0.05, 0.1) is 11.6 Å². The average Bonchev–Trinajstić information content (AvgIpc) is 2.40. The van der Waals surface area contributed by atoms with Crippen molar-refractivity contribution < 1.29 is 4.74 Å². The van der Waals surface area contributed by atoms with Crippen LogP contribution in [0.15, 0.2) is 22.7 Å². The molecule has 1 aromatic carbocycles. The summed E-state index contributed by atoms with van der Waals surface area (Å²) in [4.78, 5) is 0. The summed E-state index contributed by atoms with van der Waals surface area (Å²) in [5, 5.41) is 3.65. The Bertz CT molecular complexity index is 445. The van der Waals surface area contributed by atoms with Crippen LogP contribution in [0.3, 0.4) is 0 Å². The van der Waals surface area contributed by atoms with Crippen molar-refractivity contribution in [2.45, 2.75) is 52.5 Å². The molecule has 1 aromatic rings. The molecule has 0 atom stereocenters. The first-order valence-corrected chi connectivity index (χ1v) is 8.29.